The van der Waals surface area contributed by atoms with Gasteiger partial charge in [-0.2, -0.15) is 0 Å². The van der Waals surface area contributed by atoms with E-state index in [0.29, 0.717) is 12.8 Å². The number of hydrogen-bond acceptors (Lipinski definition) is 2. The molecule has 0 aromatic heterocycles. The van der Waals surface area contributed by atoms with Crippen molar-refractivity contribution in [2.75, 3.05) is 0 Å². The number of hydrogen-bond donors (Lipinski definition) is 2. The van der Waals surface area contributed by atoms with Gasteiger partial charge in [0, 0.05) is 0 Å². The molecule has 0 bridgehead atoms. The maximum atomic E-state index is 11.2. The van der Waals surface area contributed by atoms with Crippen molar-refractivity contribution in [2.24, 2.45) is 5.41 Å². The summed E-state index contributed by atoms with van der Waals surface area (Å²) in [5.74, 6) is -2.38. The summed E-state index contributed by atoms with van der Waals surface area (Å²) in [7, 11) is 0. The molecular formula is C13H26KNaO4. The molecule has 0 radical (unpaired) electrons. The van der Waals surface area contributed by atoms with Gasteiger partial charge in [0.2, 0.25) is 0 Å². The molecule has 2 N–H and O–H groups in total. The van der Waals surface area contributed by atoms with Gasteiger partial charge >= 0.3 is 92.9 Å². The van der Waals surface area contributed by atoms with Gasteiger partial charge < -0.3 is 10.2 Å². The van der Waals surface area contributed by atoms with E-state index in [9.17, 15) is 9.59 Å². The van der Waals surface area contributed by atoms with Crippen LogP contribution in [0.5, 0.6) is 0 Å². The molecule has 0 saturated heterocycles. The molecule has 0 spiro atoms. The van der Waals surface area contributed by atoms with Crippen LogP contribution in [0.25, 0.3) is 0 Å². The van der Waals surface area contributed by atoms with Crippen LogP contribution in [-0.2, 0) is 9.59 Å². The summed E-state index contributed by atoms with van der Waals surface area (Å²) in [6, 6.07) is 0. The fraction of sp³-hybridized carbons (Fsp3) is 0.846. The van der Waals surface area contributed by atoms with Crippen molar-refractivity contribution in [2.45, 2.75) is 65.2 Å². The van der Waals surface area contributed by atoms with Gasteiger partial charge in [0.25, 0.3) is 0 Å². The fourth-order valence-corrected chi connectivity index (χ4v) is 2.10. The first-order chi connectivity index (χ1) is 8.01. The number of carboxylic acids is 2. The van der Waals surface area contributed by atoms with Crippen molar-refractivity contribution in [3.05, 3.63) is 0 Å². The monoisotopic (exact) mass is 308 g/mol. The van der Waals surface area contributed by atoms with E-state index in [1.807, 2.05) is 6.92 Å². The van der Waals surface area contributed by atoms with Gasteiger partial charge in [0.05, 0.1) is 0 Å². The van der Waals surface area contributed by atoms with Crippen LogP contribution in [0.1, 0.15) is 65.2 Å². The number of rotatable bonds is 10. The Labute approximate surface area is 180 Å². The first-order valence-electron chi connectivity index (χ1n) is 6.48. The van der Waals surface area contributed by atoms with Gasteiger partial charge in [-0.05, 0) is 12.8 Å². The normalized spacial score (nSPS) is 10.2. The van der Waals surface area contributed by atoms with E-state index < -0.39 is 17.4 Å². The number of carbonyl (C=O) groups is 2. The first-order valence-corrected chi connectivity index (χ1v) is 6.48. The van der Waals surface area contributed by atoms with Crippen molar-refractivity contribution in [1.29, 1.82) is 0 Å². The van der Waals surface area contributed by atoms with Crippen LogP contribution < -0.4 is 0 Å². The van der Waals surface area contributed by atoms with Crippen molar-refractivity contribution in [3.63, 3.8) is 0 Å². The minimum atomic E-state index is -1.57. The molecule has 0 amide bonds. The third-order valence-electron chi connectivity index (χ3n) is 3.20. The van der Waals surface area contributed by atoms with Crippen LogP contribution in [0, 0.1) is 5.41 Å². The summed E-state index contributed by atoms with van der Waals surface area (Å²) in [5.41, 5.74) is -1.57. The molecule has 6 heteroatoms. The predicted octanol–water partition coefficient (Wildman–Crippen LogP) is 2.01. The molecule has 104 valence electrons. The van der Waals surface area contributed by atoms with E-state index in [2.05, 4.69) is 6.92 Å². The van der Waals surface area contributed by atoms with Crippen molar-refractivity contribution < 1.29 is 19.8 Å². The topological polar surface area (TPSA) is 74.6 Å². The van der Waals surface area contributed by atoms with Crippen LogP contribution in [-0.4, -0.2) is 103 Å². The zero-order valence-corrected chi connectivity index (χ0v) is 10.9. The second kappa shape index (κ2) is 14.5. The molecule has 0 rings (SSSR count). The second-order valence-electron chi connectivity index (χ2n) is 4.61. The molecule has 0 aromatic carbocycles. The van der Waals surface area contributed by atoms with Gasteiger partial charge in [-0.1, -0.05) is 52.4 Å². The fourth-order valence-electron chi connectivity index (χ4n) is 2.10. The van der Waals surface area contributed by atoms with E-state index in [1.165, 1.54) is 0 Å². The summed E-state index contributed by atoms with van der Waals surface area (Å²) < 4.78 is 0. The number of carboxylic acid groups (broad SMARTS) is 2. The third kappa shape index (κ3) is 9.25. The predicted molar refractivity (Wildman–Crippen MR) is 80.3 cm³/mol. The van der Waals surface area contributed by atoms with Gasteiger partial charge in [-0.3, -0.25) is 9.59 Å². The summed E-state index contributed by atoms with van der Waals surface area (Å²) in [6.45, 7) is 3.92. The molecular weight excluding hydrogens is 282 g/mol. The van der Waals surface area contributed by atoms with Crippen LogP contribution in [0.3, 0.4) is 0 Å². The third-order valence-corrected chi connectivity index (χ3v) is 3.20. The molecule has 0 unspecified atom stereocenters. The minimum absolute atomic E-state index is 0. The van der Waals surface area contributed by atoms with Gasteiger partial charge in [-0.25, -0.2) is 0 Å². The molecule has 19 heavy (non-hydrogen) atoms. The molecule has 0 saturated carbocycles. The average Bonchev–Trinajstić information content (AvgIpc) is 2.26. The van der Waals surface area contributed by atoms with Gasteiger partial charge in [-0.15, -0.1) is 0 Å². The van der Waals surface area contributed by atoms with Gasteiger partial charge in [0.15, 0.2) is 5.41 Å². The Bertz CT molecular complexity index is 245. The summed E-state index contributed by atoms with van der Waals surface area (Å²) in [5, 5.41) is 18.3. The molecule has 0 fully saturated rings. The van der Waals surface area contributed by atoms with Crippen LogP contribution >= 0.6 is 0 Å². The van der Waals surface area contributed by atoms with Crippen LogP contribution in [0.2, 0.25) is 0 Å². The SMILES string of the molecule is CCCCCCCC(CCC)(C(=O)O)C(=O)O.[KH].[NaH]. The molecule has 4 nitrogen and oxygen atoms in total. The van der Waals surface area contributed by atoms with Crippen LogP contribution in [0.4, 0.5) is 0 Å². The van der Waals surface area contributed by atoms with Crippen molar-refractivity contribution >= 4 is 92.9 Å². The molecule has 0 atom stereocenters. The Morgan fingerprint density at radius 3 is 1.68 bits per heavy atom. The van der Waals surface area contributed by atoms with Crippen molar-refractivity contribution in [1.82, 2.24) is 0 Å². The van der Waals surface area contributed by atoms with Crippen LogP contribution in [0.15, 0.2) is 0 Å². The van der Waals surface area contributed by atoms with E-state index in [4.69, 9.17) is 10.2 Å². The Morgan fingerprint density at radius 2 is 1.32 bits per heavy atom. The average molecular weight is 308 g/mol. The number of aliphatic carboxylic acids is 2. The molecule has 0 aliphatic heterocycles. The first kappa shape index (κ1) is 25.5. The van der Waals surface area contributed by atoms with E-state index >= 15 is 0 Å². The molecule has 0 heterocycles. The number of unbranched alkanes of at least 4 members (excludes halogenated alkanes) is 4. The van der Waals surface area contributed by atoms with Crippen molar-refractivity contribution in [3.8, 4) is 0 Å². The molecule has 0 aromatic rings. The van der Waals surface area contributed by atoms with E-state index in [-0.39, 0.29) is 93.8 Å². The quantitative estimate of drug-likeness (QED) is 0.368. The van der Waals surface area contributed by atoms with E-state index in [1.54, 1.807) is 0 Å². The summed E-state index contributed by atoms with van der Waals surface area (Å²) >= 11 is 0. The standard InChI is InChI=1S/C13H24O4.K.Na.2H/c1-3-5-6-7-8-10-13(9-4-2,11(14)15)12(16)17;;;;/h3-10H2,1-2H3,(H,14,15)(H,16,17);;;;. The Hall–Kier alpha value is 1.58. The second-order valence-corrected chi connectivity index (χ2v) is 4.61. The molecule has 0 aliphatic carbocycles. The Kier molecular flexibility index (Phi) is 19.5. The maximum absolute atomic E-state index is 11.2. The summed E-state index contributed by atoms with van der Waals surface area (Å²) in [6.07, 6.45) is 5.93. The Balaban J connectivity index is -0.00000128. The zero-order valence-electron chi connectivity index (χ0n) is 10.9. The Morgan fingerprint density at radius 1 is 0.842 bits per heavy atom. The van der Waals surface area contributed by atoms with Gasteiger partial charge in [0.1, 0.15) is 0 Å². The zero-order chi connectivity index (χ0) is 13.3. The van der Waals surface area contributed by atoms with E-state index in [0.717, 1.165) is 25.7 Å². The molecule has 0 aliphatic rings. The summed E-state index contributed by atoms with van der Waals surface area (Å²) in [4.78, 5) is 22.4.